The molecule has 0 spiro atoms. The number of thiazole rings is 1. The van der Waals surface area contributed by atoms with Gasteiger partial charge in [-0.2, -0.15) is 0 Å². The van der Waals surface area contributed by atoms with E-state index in [-0.39, 0.29) is 0 Å². The SMILES string of the molecule is COc1cc(-c2nc(N)sc2SCC2CCCCC2)c(OC)cc1C. The van der Waals surface area contributed by atoms with Gasteiger partial charge in [0.2, 0.25) is 0 Å². The van der Waals surface area contributed by atoms with Crippen LogP contribution in [0.25, 0.3) is 11.3 Å². The normalized spacial score (nSPS) is 15.3. The van der Waals surface area contributed by atoms with Gasteiger partial charge in [-0.25, -0.2) is 4.98 Å². The van der Waals surface area contributed by atoms with Crippen LogP contribution in [0.1, 0.15) is 37.7 Å². The largest absolute Gasteiger partial charge is 0.496 e. The van der Waals surface area contributed by atoms with Gasteiger partial charge in [0, 0.05) is 11.3 Å². The van der Waals surface area contributed by atoms with Gasteiger partial charge >= 0.3 is 0 Å². The molecule has 0 unspecified atom stereocenters. The maximum absolute atomic E-state index is 6.04. The van der Waals surface area contributed by atoms with Crippen molar-refractivity contribution in [1.29, 1.82) is 0 Å². The molecule has 0 atom stereocenters. The van der Waals surface area contributed by atoms with Gasteiger partial charge in [-0.05, 0) is 43.4 Å². The summed E-state index contributed by atoms with van der Waals surface area (Å²) in [5.41, 5.74) is 8.95. The first-order valence-electron chi connectivity index (χ1n) is 8.74. The van der Waals surface area contributed by atoms with E-state index in [1.165, 1.54) is 36.3 Å². The first-order chi connectivity index (χ1) is 12.1. The zero-order valence-electron chi connectivity index (χ0n) is 15.1. The van der Waals surface area contributed by atoms with E-state index in [0.717, 1.165) is 40.0 Å². The van der Waals surface area contributed by atoms with Crippen molar-refractivity contribution < 1.29 is 9.47 Å². The van der Waals surface area contributed by atoms with Gasteiger partial charge in [-0.1, -0.05) is 30.6 Å². The van der Waals surface area contributed by atoms with E-state index in [4.69, 9.17) is 15.2 Å². The maximum Gasteiger partial charge on any atom is 0.181 e. The number of thioether (sulfide) groups is 1. The molecule has 0 aliphatic heterocycles. The Hall–Kier alpha value is -1.40. The van der Waals surface area contributed by atoms with Gasteiger partial charge in [0.25, 0.3) is 0 Å². The Kier molecular flexibility index (Phi) is 6.12. The molecular formula is C19H26N2O2S2. The molecule has 1 heterocycles. The lowest BCUT2D eigenvalue weighted by Crippen LogP contribution is -2.08. The summed E-state index contributed by atoms with van der Waals surface area (Å²) in [5, 5.41) is 0.600. The predicted molar refractivity (Wildman–Crippen MR) is 107 cm³/mol. The van der Waals surface area contributed by atoms with Gasteiger partial charge in [0.15, 0.2) is 5.13 Å². The molecule has 0 amide bonds. The summed E-state index contributed by atoms with van der Waals surface area (Å²) >= 11 is 3.45. The second kappa shape index (κ2) is 8.32. The molecule has 4 nitrogen and oxygen atoms in total. The predicted octanol–water partition coefficient (Wildman–Crippen LogP) is 5.39. The molecule has 0 bridgehead atoms. The number of anilines is 1. The van der Waals surface area contributed by atoms with E-state index in [9.17, 15) is 0 Å². The standard InChI is InChI=1S/C19H26N2O2S2/c1-12-9-16(23-3)14(10-15(12)22-2)17-18(25-19(20)21-17)24-11-13-7-5-4-6-8-13/h9-10,13H,4-8,11H2,1-3H3,(H2,20,21). The van der Waals surface area contributed by atoms with Crippen molar-refractivity contribution in [3.63, 3.8) is 0 Å². The molecule has 1 aliphatic carbocycles. The van der Waals surface area contributed by atoms with Crippen LogP contribution in [-0.4, -0.2) is 25.0 Å². The smallest absolute Gasteiger partial charge is 0.181 e. The molecule has 1 aromatic heterocycles. The summed E-state index contributed by atoms with van der Waals surface area (Å²) in [4.78, 5) is 4.60. The first kappa shape index (κ1) is 18.4. The van der Waals surface area contributed by atoms with Crippen LogP contribution in [0.15, 0.2) is 16.3 Å². The number of benzene rings is 1. The van der Waals surface area contributed by atoms with Crippen LogP contribution in [0.2, 0.25) is 0 Å². The number of methoxy groups -OCH3 is 2. The third kappa shape index (κ3) is 4.23. The number of nitrogens with two attached hydrogens (primary N) is 1. The van der Waals surface area contributed by atoms with E-state index in [0.29, 0.717) is 5.13 Å². The number of hydrogen-bond acceptors (Lipinski definition) is 6. The van der Waals surface area contributed by atoms with Crippen LogP contribution in [0, 0.1) is 12.8 Å². The van der Waals surface area contributed by atoms with E-state index in [1.54, 1.807) is 25.6 Å². The number of nitrogen functional groups attached to an aromatic ring is 1. The number of rotatable bonds is 6. The van der Waals surface area contributed by atoms with Gasteiger partial charge in [0.05, 0.1) is 18.4 Å². The number of aryl methyl sites for hydroxylation is 1. The van der Waals surface area contributed by atoms with Gasteiger partial charge < -0.3 is 15.2 Å². The van der Waals surface area contributed by atoms with Crippen LogP contribution in [0.5, 0.6) is 11.5 Å². The highest BCUT2D eigenvalue weighted by Gasteiger charge is 2.20. The third-order valence-electron chi connectivity index (χ3n) is 4.76. The zero-order chi connectivity index (χ0) is 17.8. The zero-order valence-corrected chi connectivity index (χ0v) is 16.8. The highest BCUT2D eigenvalue weighted by Crippen LogP contribution is 2.44. The summed E-state index contributed by atoms with van der Waals surface area (Å²) in [7, 11) is 3.38. The van der Waals surface area contributed by atoms with Crippen molar-refractivity contribution >= 4 is 28.2 Å². The average Bonchev–Trinajstić information content (AvgIpc) is 3.01. The molecule has 0 radical (unpaired) electrons. The summed E-state index contributed by atoms with van der Waals surface area (Å²) in [6.07, 6.45) is 6.81. The van der Waals surface area contributed by atoms with Gasteiger partial charge in [0.1, 0.15) is 17.2 Å². The molecule has 25 heavy (non-hydrogen) atoms. The van der Waals surface area contributed by atoms with Crippen molar-refractivity contribution in [2.75, 3.05) is 25.7 Å². The Bertz CT molecular complexity index is 724. The van der Waals surface area contributed by atoms with Crippen LogP contribution in [-0.2, 0) is 0 Å². The molecule has 136 valence electrons. The topological polar surface area (TPSA) is 57.4 Å². The summed E-state index contributed by atoms with van der Waals surface area (Å²) in [6, 6.07) is 4.01. The molecule has 2 N–H and O–H groups in total. The van der Waals surface area contributed by atoms with Crippen LogP contribution in [0.4, 0.5) is 5.13 Å². The third-order valence-corrected chi connectivity index (χ3v) is 7.14. The fourth-order valence-electron chi connectivity index (χ4n) is 3.37. The molecule has 1 saturated carbocycles. The Balaban J connectivity index is 1.89. The number of aromatic nitrogens is 1. The molecule has 6 heteroatoms. The fraction of sp³-hybridized carbons (Fsp3) is 0.526. The number of nitrogens with zero attached hydrogens (tertiary/aromatic N) is 1. The van der Waals surface area contributed by atoms with Crippen molar-refractivity contribution in [2.24, 2.45) is 5.92 Å². The molecule has 1 aliphatic rings. The van der Waals surface area contributed by atoms with E-state index < -0.39 is 0 Å². The maximum atomic E-state index is 6.04. The minimum atomic E-state index is 0.600. The molecule has 3 rings (SSSR count). The Morgan fingerprint density at radius 1 is 1.16 bits per heavy atom. The Morgan fingerprint density at radius 3 is 2.56 bits per heavy atom. The summed E-state index contributed by atoms with van der Waals surface area (Å²) < 4.78 is 12.3. The Labute approximate surface area is 158 Å². The lowest BCUT2D eigenvalue weighted by Gasteiger charge is -2.20. The number of hydrogen-bond donors (Lipinski definition) is 1. The molecule has 2 aromatic rings. The first-order valence-corrected chi connectivity index (χ1v) is 10.5. The van der Waals surface area contributed by atoms with Crippen LogP contribution < -0.4 is 15.2 Å². The molecule has 0 saturated heterocycles. The van der Waals surface area contributed by atoms with Gasteiger partial charge in [-0.15, -0.1) is 11.8 Å². The van der Waals surface area contributed by atoms with Gasteiger partial charge in [-0.3, -0.25) is 0 Å². The fourth-order valence-corrected chi connectivity index (χ4v) is 5.66. The van der Waals surface area contributed by atoms with Crippen molar-refractivity contribution in [2.45, 2.75) is 43.2 Å². The van der Waals surface area contributed by atoms with Crippen molar-refractivity contribution in [1.82, 2.24) is 4.98 Å². The second-order valence-corrected chi connectivity index (χ2v) is 8.84. The quantitative estimate of drug-likeness (QED) is 0.683. The highest BCUT2D eigenvalue weighted by molar-refractivity contribution is 8.01. The second-order valence-electron chi connectivity index (χ2n) is 6.53. The van der Waals surface area contributed by atoms with Crippen LogP contribution in [0.3, 0.4) is 0 Å². The Morgan fingerprint density at radius 2 is 1.88 bits per heavy atom. The van der Waals surface area contributed by atoms with E-state index >= 15 is 0 Å². The summed E-state index contributed by atoms with van der Waals surface area (Å²) in [5.74, 6) is 3.60. The highest BCUT2D eigenvalue weighted by atomic mass is 32.2. The molecule has 1 fully saturated rings. The minimum absolute atomic E-state index is 0.600. The van der Waals surface area contributed by atoms with Crippen LogP contribution >= 0.6 is 23.1 Å². The lowest BCUT2D eigenvalue weighted by atomic mass is 9.91. The monoisotopic (exact) mass is 378 g/mol. The van der Waals surface area contributed by atoms with E-state index in [2.05, 4.69) is 4.98 Å². The molecule has 1 aromatic carbocycles. The van der Waals surface area contributed by atoms with Crippen molar-refractivity contribution in [3.8, 4) is 22.8 Å². The van der Waals surface area contributed by atoms with E-state index in [1.807, 2.05) is 30.8 Å². The summed E-state index contributed by atoms with van der Waals surface area (Å²) in [6.45, 7) is 2.01. The average molecular weight is 379 g/mol. The lowest BCUT2D eigenvalue weighted by molar-refractivity contribution is 0.391. The number of ether oxygens (including phenoxy) is 2. The van der Waals surface area contributed by atoms with Crippen molar-refractivity contribution in [3.05, 3.63) is 17.7 Å². The minimum Gasteiger partial charge on any atom is -0.496 e. The molecular weight excluding hydrogens is 352 g/mol.